The molecule has 10 heteroatoms. The van der Waals surface area contributed by atoms with Crippen LogP contribution in [-0.4, -0.2) is 11.0 Å². The topological polar surface area (TPSA) is 54.0 Å². The van der Waals surface area contributed by atoms with Gasteiger partial charge in [-0.1, -0.05) is 0 Å². The summed E-state index contributed by atoms with van der Waals surface area (Å²) in [7, 11) is 0. The molecule has 0 aliphatic heterocycles. The van der Waals surface area contributed by atoms with E-state index in [-0.39, 0.29) is 11.8 Å². The van der Waals surface area contributed by atoms with Crippen molar-refractivity contribution in [3.63, 3.8) is 0 Å². The second-order valence-corrected chi connectivity index (χ2v) is 5.06. The van der Waals surface area contributed by atoms with Crippen LogP contribution in [0.4, 0.5) is 42.5 Å². The third kappa shape index (κ3) is 5.10. The molecule has 0 fully saturated rings. The van der Waals surface area contributed by atoms with Crippen molar-refractivity contribution in [3.05, 3.63) is 53.3 Å². The van der Waals surface area contributed by atoms with Crippen molar-refractivity contribution in [2.75, 3.05) is 10.6 Å². The Morgan fingerprint density at radius 3 is 1.84 bits per heavy atom. The Morgan fingerprint density at radius 2 is 1.40 bits per heavy atom. The first-order chi connectivity index (χ1) is 11.4. The summed E-state index contributed by atoms with van der Waals surface area (Å²) in [5.41, 5.74) is -2.78. The molecule has 0 atom stereocenters. The van der Waals surface area contributed by atoms with Crippen molar-refractivity contribution < 1.29 is 31.1 Å². The van der Waals surface area contributed by atoms with E-state index in [1.165, 1.54) is 12.3 Å². The number of rotatable bonds is 2. The molecule has 0 radical (unpaired) electrons. The molecule has 134 valence electrons. The van der Waals surface area contributed by atoms with Gasteiger partial charge < -0.3 is 10.6 Å². The number of aryl methyl sites for hydroxylation is 1. The molecule has 25 heavy (non-hydrogen) atoms. The average Bonchev–Trinajstić information content (AvgIpc) is 2.47. The Kier molecular flexibility index (Phi) is 4.91. The first kappa shape index (κ1) is 18.6. The quantitative estimate of drug-likeness (QED) is 0.732. The summed E-state index contributed by atoms with van der Waals surface area (Å²) in [5, 5.41) is 4.21. The van der Waals surface area contributed by atoms with Crippen LogP contribution in [0.2, 0.25) is 0 Å². The lowest BCUT2D eigenvalue weighted by molar-refractivity contribution is -0.143. The number of hydrogen-bond acceptors (Lipinski definition) is 2. The molecule has 0 aliphatic rings. The van der Waals surface area contributed by atoms with E-state index in [0.717, 1.165) is 0 Å². The molecule has 2 N–H and O–H groups in total. The largest absolute Gasteiger partial charge is 0.416 e. The Hall–Kier alpha value is -2.78. The van der Waals surface area contributed by atoms with Gasteiger partial charge >= 0.3 is 18.4 Å². The maximum absolute atomic E-state index is 12.8. The standard InChI is InChI=1S/C15H11F6N3O/c1-8-2-3-11(7-22-8)23-13(25)24-12-5-9(14(16,17)18)4-10(6-12)15(19,20)21/h2-7H,1H3,(H2,23,24,25). The Morgan fingerprint density at radius 1 is 0.880 bits per heavy atom. The fourth-order valence-electron chi connectivity index (χ4n) is 1.86. The number of nitrogens with one attached hydrogen (secondary N) is 2. The second kappa shape index (κ2) is 6.61. The lowest BCUT2D eigenvalue weighted by Gasteiger charge is -2.15. The van der Waals surface area contributed by atoms with E-state index in [9.17, 15) is 31.1 Å². The van der Waals surface area contributed by atoms with E-state index in [0.29, 0.717) is 17.8 Å². The summed E-state index contributed by atoms with van der Waals surface area (Å²) in [5.74, 6) is 0. The molecule has 2 rings (SSSR count). The lowest BCUT2D eigenvalue weighted by atomic mass is 10.1. The zero-order valence-electron chi connectivity index (χ0n) is 12.6. The lowest BCUT2D eigenvalue weighted by Crippen LogP contribution is -2.21. The van der Waals surface area contributed by atoms with Crippen molar-refractivity contribution in [1.82, 2.24) is 4.98 Å². The molecule has 1 heterocycles. The van der Waals surface area contributed by atoms with Crippen LogP contribution in [0.15, 0.2) is 36.5 Å². The van der Waals surface area contributed by atoms with Crippen LogP contribution in [0.5, 0.6) is 0 Å². The Labute approximate surface area is 137 Å². The summed E-state index contributed by atoms with van der Waals surface area (Å²) < 4.78 is 76.5. The number of amides is 2. The Bertz CT molecular complexity index is 736. The highest BCUT2D eigenvalue weighted by Crippen LogP contribution is 2.37. The summed E-state index contributed by atoms with van der Waals surface area (Å²) >= 11 is 0. The molecule has 0 saturated carbocycles. The second-order valence-electron chi connectivity index (χ2n) is 5.06. The highest BCUT2D eigenvalue weighted by atomic mass is 19.4. The van der Waals surface area contributed by atoms with Gasteiger partial charge in [-0.25, -0.2) is 4.79 Å². The van der Waals surface area contributed by atoms with Gasteiger partial charge in [-0.3, -0.25) is 4.98 Å². The molecule has 0 saturated heterocycles. The van der Waals surface area contributed by atoms with E-state index in [1.54, 1.807) is 13.0 Å². The maximum atomic E-state index is 12.8. The monoisotopic (exact) mass is 363 g/mol. The van der Waals surface area contributed by atoms with Gasteiger partial charge in [-0.15, -0.1) is 0 Å². The highest BCUT2D eigenvalue weighted by molar-refractivity contribution is 5.99. The molecule has 1 aromatic carbocycles. The number of hydrogen-bond donors (Lipinski definition) is 2. The number of anilines is 2. The normalized spacial score (nSPS) is 12.0. The summed E-state index contributed by atoms with van der Waals surface area (Å²) in [4.78, 5) is 15.7. The number of urea groups is 1. The van der Waals surface area contributed by atoms with E-state index >= 15 is 0 Å². The number of alkyl halides is 6. The van der Waals surface area contributed by atoms with Crippen LogP contribution in [0.1, 0.15) is 16.8 Å². The number of carbonyl (C=O) groups is 1. The third-order valence-corrected chi connectivity index (χ3v) is 3.01. The molecule has 2 amide bonds. The van der Waals surface area contributed by atoms with Gasteiger partial charge in [0.05, 0.1) is 23.0 Å². The molecular weight excluding hydrogens is 352 g/mol. The number of halogens is 6. The number of nitrogens with zero attached hydrogens (tertiary/aromatic N) is 1. The van der Waals surface area contributed by atoms with Crippen LogP contribution in [0.3, 0.4) is 0 Å². The van der Waals surface area contributed by atoms with Crippen molar-refractivity contribution in [2.45, 2.75) is 19.3 Å². The highest BCUT2D eigenvalue weighted by Gasteiger charge is 2.37. The van der Waals surface area contributed by atoms with E-state index < -0.39 is 35.2 Å². The van der Waals surface area contributed by atoms with Gasteiger partial charge in [0.15, 0.2) is 0 Å². The zero-order valence-corrected chi connectivity index (χ0v) is 12.6. The number of benzene rings is 1. The van der Waals surface area contributed by atoms with Gasteiger partial charge in [0.2, 0.25) is 0 Å². The van der Waals surface area contributed by atoms with Crippen LogP contribution in [0, 0.1) is 6.92 Å². The van der Waals surface area contributed by atoms with E-state index in [4.69, 9.17) is 0 Å². The fraction of sp³-hybridized carbons (Fsp3) is 0.200. The van der Waals surface area contributed by atoms with E-state index in [1.807, 2.05) is 5.32 Å². The number of aromatic nitrogens is 1. The fourth-order valence-corrected chi connectivity index (χ4v) is 1.86. The molecule has 4 nitrogen and oxygen atoms in total. The number of carbonyl (C=O) groups excluding carboxylic acids is 1. The van der Waals surface area contributed by atoms with Crippen LogP contribution in [-0.2, 0) is 12.4 Å². The van der Waals surface area contributed by atoms with Crippen LogP contribution in [0.25, 0.3) is 0 Å². The van der Waals surface area contributed by atoms with Crippen molar-refractivity contribution in [2.24, 2.45) is 0 Å². The molecule has 0 bridgehead atoms. The molecule has 0 aliphatic carbocycles. The molecule has 2 aromatic rings. The van der Waals surface area contributed by atoms with Gasteiger partial charge in [0.1, 0.15) is 0 Å². The van der Waals surface area contributed by atoms with Crippen molar-refractivity contribution in [1.29, 1.82) is 0 Å². The minimum atomic E-state index is -4.99. The maximum Gasteiger partial charge on any atom is 0.416 e. The SMILES string of the molecule is Cc1ccc(NC(=O)Nc2cc(C(F)(F)F)cc(C(F)(F)F)c2)cn1. The van der Waals surface area contributed by atoms with E-state index in [2.05, 4.69) is 10.3 Å². The molecule has 0 unspecified atom stereocenters. The third-order valence-electron chi connectivity index (χ3n) is 3.01. The minimum Gasteiger partial charge on any atom is -0.308 e. The minimum absolute atomic E-state index is 0.0209. The first-order valence-corrected chi connectivity index (χ1v) is 6.75. The average molecular weight is 363 g/mol. The first-order valence-electron chi connectivity index (χ1n) is 6.75. The Balaban J connectivity index is 2.25. The van der Waals surface area contributed by atoms with Gasteiger partial charge in [-0.05, 0) is 37.3 Å². The van der Waals surface area contributed by atoms with Crippen LogP contribution < -0.4 is 10.6 Å². The molecule has 1 aromatic heterocycles. The molecular formula is C15H11F6N3O. The van der Waals surface area contributed by atoms with Gasteiger partial charge in [0, 0.05) is 11.4 Å². The summed E-state index contributed by atoms with van der Waals surface area (Å²) in [6.07, 6.45) is -8.69. The van der Waals surface area contributed by atoms with Crippen molar-refractivity contribution in [3.8, 4) is 0 Å². The predicted molar refractivity (Wildman–Crippen MR) is 78.1 cm³/mol. The number of pyridine rings is 1. The van der Waals surface area contributed by atoms with Crippen molar-refractivity contribution >= 4 is 17.4 Å². The van der Waals surface area contributed by atoms with Gasteiger partial charge in [-0.2, -0.15) is 26.3 Å². The predicted octanol–water partition coefficient (Wildman–Crippen LogP) is 5.07. The zero-order chi connectivity index (χ0) is 18.8. The van der Waals surface area contributed by atoms with Gasteiger partial charge in [0.25, 0.3) is 0 Å². The summed E-state index contributed by atoms with van der Waals surface area (Å²) in [6.45, 7) is 1.70. The molecule has 0 spiro atoms. The van der Waals surface area contributed by atoms with Crippen LogP contribution >= 0.6 is 0 Å². The summed E-state index contributed by atoms with van der Waals surface area (Å²) in [6, 6.07) is 2.87. The smallest absolute Gasteiger partial charge is 0.308 e.